The molecule has 9 nitrogen and oxygen atoms in total. The molecule has 1 aliphatic heterocycles. The Hall–Kier alpha value is -3.19. The quantitative estimate of drug-likeness (QED) is 0.471. The van der Waals surface area contributed by atoms with E-state index in [1.807, 2.05) is 46.6 Å². The van der Waals surface area contributed by atoms with E-state index < -0.39 is 6.04 Å². The number of fused-ring (bicyclic) bond motifs is 2. The summed E-state index contributed by atoms with van der Waals surface area (Å²) in [4.78, 5) is 20.0. The van der Waals surface area contributed by atoms with E-state index in [9.17, 15) is 4.79 Å². The third-order valence-corrected chi connectivity index (χ3v) is 6.00. The highest BCUT2D eigenvalue weighted by molar-refractivity contribution is 7.14. The van der Waals surface area contributed by atoms with Crippen LogP contribution in [0.2, 0.25) is 0 Å². The van der Waals surface area contributed by atoms with Gasteiger partial charge in [0.15, 0.2) is 0 Å². The van der Waals surface area contributed by atoms with Gasteiger partial charge in [0.05, 0.1) is 30.5 Å². The van der Waals surface area contributed by atoms with Gasteiger partial charge in [-0.2, -0.15) is 10.2 Å². The zero-order chi connectivity index (χ0) is 21.0. The minimum atomic E-state index is -0.400. The van der Waals surface area contributed by atoms with Gasteiger partial charge < -0.3 is 14.0 Å². The topological polar surface area (TPSA) is 82.5 Å². The Morgan fingerprint density at radius 2 is 2.13 bits per heavy atom. The third-order valence-electron chi connectivity index (χ3n) is 5.55. The molecule has 0 aromatic carbocycles. The summed E-state index contributed by atoms with van der Waals surface area (Å²) in [5.74, 6) is 0.639. The van der Waals surface area contributed by atoms with Crippen LogP contribution in [0.15, 0.2) is 36.8 Å². The van der Waals surface area contributed by atoms with Crippen molar-refractivity contribution in [2.24, 2.45) is 7.05 Å². The first-order valence-electron chi connectivity index (χ1n) is 9.63. The number of aromatic nitrogens is 6. The predicted molar refractivity (Wildman–Crippen MR) is 114 cm³/mol. The average Bonchev–Trinajstić information content (AvgIpc) is 3.43. The van der Waals surface area contributed by atoms with Crippen LogP contribution >= 0.6 is 9.39 Å². The van der Waals surface area contributed by atoms with Gasteiger partial charge in [-0.05, 0) is 40.6 Å². The lowest BCUT2D eigenvalue weighted by Gasteiger charge is -2.34. The zero-order valence-electron chi connectivity index (χ0n) is 17.0. The zero-order valence-corrected chi connectivity index (χ0v) is 18.1. The number of pyridine rings is 1. The van der Waals surface area contributed by atoms with Gasteiger partial charge in [-0.1, -0.05) is 0 Å². The Morgan fingerprint density at radius 1 is 1.30 bits per heavy atom. The van der Waals surface area contributed by atoms with Crippen LogP contribution in [0.5, 0.6) is 5.75 Å². The Morgan fingerprint density at radius 3 is 2.87 bits per heavy atom. The van der Waals surface area contributed by atoms with E-state index >= 15 is 0 Å². The number of hydrogen-bond acceptors (Lipinski definition) is 5. The van der Waals surface area contributed by atoms with Gasteiger partial charge >= 0.3 is 0 Å². The van der Waals surface area contributed by atoms with Crippen LogP contribution in [0.25, 0.3) is 5.52 Å². The van der Waals surface area contributed by atoms with Crippen LogP contribution in [0.3, 0.4) is 0 Å². The maximum atomic E-state index is 13.5. The standard InChI is InChI=1S/C20H22N7O2P/c1-12-9-16(24(2)22-12)20(28)25-8-6-14-18(21-11-27(14)30)19(25)13-10-15-17(29-3)5-4-7-26(15)23-13/h4-5,7,9-11,19H,6,8,30H2,1-3H3/t19-/m0/s1. The van der Waals surface area contributed by atoms with Crippen molar-refractivity contribution in [1.29, 1.82) is 0 Å². The van der Waals surface area contributed by atoms with E-state index in [1.54, 1.807) is 29.7 Å². The van der Waals surface area contributed by atoms with Gasteiger partial charge in [0, 0.05) is 31.9 Å². The fourth-order valence-corrected chi connectivity index (χ4v) is 4.51. The molecule has 154 valence electrons. The van der Waals surface area contributed by atoms with Crippen LogP contribution in [0, 0.1) is 6.92 Å². The molecular weight excluding hydrogens is 401 g/mol. The molecule has 0 radical (unpaired) electrons. The fraction of sp³-hybridized carbons (Fsp3) is 0.300. The number of methoxy groups -OCH3 is 1. The lowest BCUT2D eigenvalue weighted by Crippen LogP contribution is -2.41. The fourth-order valence-electron chi connectivity index (χ4n) is 4.18. The first kappa shape index (κ1) is 18.8. The number of amides is 1. The number of carbonyl (C=O) groups excluding carboxylic acids is 1. The van der Waals surface area contributed by atoms with Gasteiger partial charge in [0.1, 0.15) is 23.0 Å². The summed E-state index contributed by atoms with van der Waals surface area (Å²) >= 11 is 0. The van der Waals surface area contributed by atoms with Crippen molar-refractivity contribution in [2.75, 3.05) is 13.7 Å². The van der Waals surface area contributed by atoms with Crippen molar-refractivity contribution in [3.8, 4) is 5.75 Å². The summed E-state index contributed by atoms with van der Waals surface area (Å²) in [5.41, 5.74) is 4.87. The smallest absolute Gasteiger partial charge is 0.273 e. The molecule has 30 heavy (non-hydrogen) atoms. The summed E-state index contributed by atoms with van der Waals surface area (Å²) in [6, 6.07) is 7.16. The van der Waals surface area contributed by atoms with Crippen LogP contribution in [0.1, 0.15) is 39.3 Å². The first-order chi connectivity index (χ1) is 14.5. The number of hydrogen-bond donors (Lipinski definition) is 0. The van der Waals surface area contributed by atoms with Crippen LogP contribution < -0.4 is 4.74 Å². The van der Waals surface area contributed by atoms with Crippen molar-refractivity contribution in [3.63, 3.8) is 0 Å². The van der Waals surface area contributed by atoms with E-state index in [0.29, 0.717) is 18.7 Å². The number of carbonyl (C=O) groups is 1. The normalized spacial score (nSPS) is 16.1. The molecule has 0 saturated carbocycles. The molecule has 5 rings (SSSR count). The summed E-state index contributed by atoms with van der Waals surface area (Å²) < 4.78 is 10.8. The monoisotopic (exact) mass is 423 g/mol. The van der Waals surface area contributed by atoms with Crippen molar-refractivity contribution in [3.05, 3.63) is 65.3 Å². The molecular formula is C20H22N7O2P. The number of nitrogens with zero attached hydrogens (tertiary/aromatic N) is 7. The van der Waals surface area contributed by atoms with Crippen LogP contribution in [0.4, 0.5) is 0 Å². The Kier molecular flexibility index (Phi) is 4.36. The summed E-state index contributed by atoms with van der Waals surface area (Å²) in [7, 11) is 6.09. The van der Waals surface area contributed by atoms with Gasteiger partial charge in [-0.25, -0.2) is 9.50 Å². The number of ether oxygens (including phenoxy) is 1. The van der Waals surface area contributed by atoms with Gasteiger partial charge in [0.2, 0.25) is 0 Å². The summed E-state index contributed by atoms with van der Waals surface area (Å²) in [5, 5.41) is 9.11. The third kappa shape index (κ3) is 2.81. The average molecular weight is 423 g/mol. The van der Waals surface area contributed by atoms with Crippen molar-refractivity contribution < 1.29 is 9.53 Å². The second-order valence-electron chi connectivity index (χ2n) is 7.40. The van der Waals surface area contributed by atoms with Crippen molar-refractivity contribution in [1.82, 2.24) is 33.6 Å². The maximum Gasteiger partial charge on any atom is 0.273 e. The molecule has 0 fully saturated rings. The molecule has 0 bridgehead atoms. The van der Waals surface area contributed by atoms with Gasteiger partial charge in [-0.15, -0.1) is 0 Å². The van der Waals surface area contributed by atoms with Crippen molar-refractivity contribution in [2.45, 2.75) is 19.4 Å². The summed E-state index contributed by atoms with van der Waals surface area (Å²) in [6.45, 7) is 2.44. The van der Waals surface area contributed by atoms with Gasteiger partial charge in [0.25, 0.3) is 5.91 Å². The molecule has 0 N–H and O–H groups in total. The molecule has 4 aromatic rings. The largest absolute Gasteiger partial charge is 0.494 e. The second-order valence-corrected chi connectivity index (χ2v) is 7.96. The molecule has 0 aliphatic carbocycles. The Balaban J connectivity index is 1.66. The highest BCUT2D eigenvalue weighted by Gasteiger charge is 2.38. The lowest BCUT2D eigenvalue weighted by molar-refractivity contribution is 0.0675. The van der Waals surface area contributed by atoms with E-state index in [2.05, 4.69) is 19.5 Å². The molecule has 1 aliphatic rings. The van der Waals surface area contributed by atoms with Gasteiger partial charge in [-0.3, -0.25) is 9.48 Å². The number of aryl methyl sites for hydroxylation is 2. The molecule has 1 amide bonds. The molecule has 5 heterocycles. The number of imidazole rings is 1. The van der Waals surface area contributed by atoms with Crippen LogP contribution in [-0.2, 0) is 13.5 Å². The Bertz CT molecular complexity index is 1270. The minimum Gasteiger partial charge on any atom is -0.494 e. The summed E-state index contributed by atoms with van der Waals surface area (Å²) in [6.07, 6.45) is 4.35. The Labute approximate surface area is 175 Å². The molecule has 0 spiro atoms. The maximum absolute atomic E-state index is 13.5. The molecule has 10 heteroatoms. The lowest BCUT2D eigenvalue weighted by atomic mass is 9.99. The van der Waals surface area contributed by atoms with E-state index in [1.165, 1.54) is 0 Å². The van der Waals surface area contributed by atoms with Crippen molar-refractivity contribution >= 4 is 20.8 Å². The predicted octanol–water partition coefficient (Wildman–Crippen LogP) is 2.01. The highest BCUT2D eigenvalue weighted by Crippen LogP contribution is 2.36. The molecule has 4 aromatic heterocycles. The molecule has 1 unspecified atom stereocenters. The van der Waals surface area contributed by atoms with E-state index in [4.69, 9.17) is 9.84 Å². The van der Waals surface area contributed by atoms with E-state index in [-0.39, 0.29) is 5.91 Å². The molecule has 0 saturated heterocycles. The number of rotatable bonds is 3. The van der Waals surface area contributed by atoms with Crippen LogP contribution in [-0.4, -0.2) is 53.2 Å². The first-order valence-corrected chi connectivity index (χ1v) is 10.1. The second kappa shape index (κ2) is 6.95. The minimum absolute atomic E-state index is 0.0870. The highest BCUT2D eigenvalue weighted by atomic mass is 31.0. The molecule has 2 atom stereocenters. The SMILES string of the molecule is COc1cccn2nc([C@H]3c4ncn(P)c4CCN3C(=O)c3cc(C)nn3C)cc12. The van der Waals surface area contributed by atoms with E-state index in [0.717, 1.165) is 34.0 Å².